The van der Waals surface area contributed by atoms with Crippen molar-refractivity contribution in [3.8, 4) is 0 Å². The van der Waals surface area contributed by atoms with Crippen molar-refractivity contribution in [1.29, 1.82) is 0 Å². The highest BCUT2D eigenvalue weighted by molar-refractivity contribution is 6.05. The molecule has 21 heavy (non-hydrogen) atoms. The van der Waals surface area contributed by atoms with Crippen LogP contribution in [0.15, 0.2) is 30.5 Å². The highest BCUT2D eigenvalue weighted by Crippen LogP contribution is 2.24. The van der Waals surface area contributed by atoms with Crippen LogP contribution in [0.1, 0.15) is 43.0 Å². The molecule has 110 valence electrons. The van der Waals surface area contributed by atoms with E-state index in [1.54, 1.807) is 18.2 Å². The summed E-state index contributed by atoms with van der Waals surface area (Å²) >= 11 is 0. The molecule has 0 aliphatic heterocycles. The molecule has 2 aromatic rings. The van der Waals surface area contributed by atoms with E-state index in [1.807, 2.05) is 0 Å². The Bertz CT molecular complexity index is 663. The summed E-state index contributed by atoms with van der Waals surface area (Å²) in [6.07, 6.45) is 5.52. The molecule has 1 N–H and O–H groups in total. The van der Waals surface area contributed by atoms with Gasteiger partial charge in [-0.15, -0.1) is 0 Å². The zero-order chi connectivity index (χ0) is 14.8. The van der Waals surface area contributed by atoms with Gasteiger partial charge >= 0.3 is 0 Å². The van der Waals surface area contributed by atoms with Crippen molar-refractivity contribution in [1.82, 2.24) is 10.3 Å². The van der Waals surface area contributed by atoms with Crippen LogP contribution in [0.2, 0.25) is 0 Å². The van der Waals surface area contributed by atoms with Crippen molar-refractivity contribution in [2.24, 2.45) is 5.92 Å². The number of nitrogens with one attached hydrogen (secondary N) is 1. The maximum atomic E-state index is 13.2. The number of nitrogens with zero attached hydrogens (tertiary/aromatic N) is 1. The average Bonchev–Trinajstić information content (AvgIpc) is 2.48. The second-order valence-corrected chi connectivity index (χ2v) is 5.96. The number of rotatable bonds is 2. The zero-order valence-electron chi connectivity index (χ0n) is 12.1. The third-order valence-corrected chi connectivity index (χ3v) is 4.27. The lowest BCUT2D eigenvalue weighted by molar-refractivity contribution is 0.0924. The fourth-order valence-corrected chi connectivity index (χ4v) is 2.98. The monoisotopic (exact) mass is 286 g/mol. The predicted octanol–water partition coefficient (Wildman–Crippen LogP) is 3.68. The Kier molecular flexibility index (Phi) is 3.86. The van der Waals surface area contributed by atoms with Crippen LogP contribution in [0, 0.1) is 11.7 Å². The molecule has 0 unspecified atom stereocenters. The van der Waals surface area contributed by atoms with Crippen molar-refractivity contribution < 1.29 is 9.18 Å². The summed E-state index contributed by atoms with van der Waals surface area (Å²) in [5, 5.41) is 3.74. The third-order valence-electron chi connectivity index (χ3n) is 4.27. The molecule has 1 amide bonds. The van der Waals surface area contributed by atoms with E-state index in [0.717, 1.165) is 37.8 Å². The Labute approximate surface area is 123 Å². The molecule has 3 rings (SSSR count). The first-order chi connectivity index (χ1) is 10.1. The number of hydrogen-bond acceptors (Lipinski definition) is 2. The number of halogens is 1. The molecular weight excluding hydrogens is 267 g/mol. The molecule has 1 fully saturated rings. The number of benzene rings is 1. The quantitative estimate of drug-likeness (QED) is 0.915. The number of fused-ring (bicyclic) bond motifs is 1. The summed E-state index contributed by atoms with van der Waals surface area (Å²) in [6.45, 7) is 2.25. The molecule has 0 saturated heterocycles. The van der Waals surface area contributed by atoms with Gasteiger partial charge in [0.1, 0.15) is 5.82 Å². The molecule has 1 aromatic heterocycles. The largest absolute Gasteiger partial charge is 0.349 e. The summed E-state index contributed by atoms with van der Waals surface area (Å²) in [7, 11) is 0. The molecule has 1 heterocycles. The number of hydrogen-bond donors (Lipinski definition) is 1. The maximum absolute atomic E-state index is 13.2. The number of para-hydroxylation sites is 1. The molecule has 1 aliphatic carbocycles. The minimum Gasteiger partial charge on any atom is -0.349 e. The van der Waals surface area contributed by atoms with Gasteiger partial charge in [-0.2, -0.15) is 0 Å². The maximum Gasteiger partial charge on any atom is 0.253 e. The van der Waals surface area contributed by atoms with E-state index in [2.05, 4.69) is 17.2 Å². The lowest BCUT2D eigenvalue weighted by Crippen LogP contribution is -2.37. The van der Waals surface area contributed by atoms with Gasteiger partial charge in [0.25, 0.3) is 5.91 Å². The first kappa shape index (κ1) is 14.0. The first-order valence-corrected chi connectivity index (χ1v) is 7.48. The third kappa shape index (κ3) is 3.04. The molecule has 0 atom stereocenters. The Balaban J connectivity index is 1.81. The molecule has 4 heteroatoms. The van der Waals surface area contributed by atoms with Gasteiger partial charge in [-0.25, -0.2) is 4.39 Å². The SMILES string of the molecule is CC1CCC(NC(=O)c2cccc3cc(F)cnc23)CC1. The van der Waals surface area contributed by atoms with Crippen molar-refractivity contribution in [3.05, 3.63) is 41.8 Å². The number of aromatic nitrogens is 1. The van der Waals surface area contributed by atoms with E-state index in [1.165, 1.54) is 6.07 Å². The van der Waals surface area contributed by atoms with Crippen molar-refractivity contribution >= 4 is 16.8 Å². The van der Waals surface area contributed by atoms with Gasteiger partial charge < -0.3 is 5.32 Å². The van der Waals surface area contributed by atoms with Gasteiger partial charge in [0.15, 0.2) is 0 Å². The fourth-order valence-electron chi connectivity index (χ4n) is 2.98. The van der Waals surface area contributed by atoms with Crippen LogP contribution < -0.4 is 5.32 Å². The standard InChI is InChI=1S/C17H19FN2O/c1-11-5-7-14(8-6-11)20-17(21)15-4-2-3-12-9-13(18)10-19-16(12)15/h2-4,9-11,14H,5-8H2,1H3,(H,20,21). The number of pyridine rings is 1. The predicted molar refractivity (Wildman–Crippen MR) is 80.6 cm³/mol. The number of carbonyl (C=O) groups is 1. The van der Waals surface area contributed by atoms with Gasteiger partial charge in [-0.05, 0) is 43.7 Å². The summed E-state index contributed by atoms with van der Waals surface area (Å²) in [4.78, 5) is 16.5. The zero-order valence-corrected chi connectivity index (χ0v) is 12.1. The lowest BCUT2D eigenvalue weighted by atomic mass is 9.87. The van der Waals surface area contributed by atoms with Crippen LogP contribution in [0.25, 0.3) is 10.9 Å². The number of carbonyl (C=O) groups excluding carboxylic acids is 1. The van der Waals surface area contributed by atoms with Gasteiger partial charge in [0.05, 0.1) is 17.3 Å². The minimum absolute atomic E-state index is 0.112. The van der Waals surface area contributed by atoms with E-state index >= 15 is 0 Å². The lowest BCUT2D eigenvalue weighted by Gasteiger charge is -2.27. The van der Waals surface area contributed by atoms with Crippen molar-refractivity contribution in [2.75, 3.05) is 0 Å². The van der Waals surface area contributed by atoms with Gasteiger partial charge in [0.2, 0.25) is 0 Å². The number of amides is 1. The highest BCUT2D eigenvalue weighted by Gasteiger charge is 2.21. The summed E-state index contributed by atoms with van der Waals surface area (Å²) in [5.41, 5.74) is 1.08. The first-order valence-electron chi connectivity index (χ1n) is 7.48. The van der Waals surface area contributed by atoms with E-state index in [4.69, 9.17) is 0 Å². The second kappa shape index (κ2) is 5.80. The molecule has 1 saturated carbocycles. The molecule has 0 radical (unpaired) electrons. The van der Waals surface area contributed by atoms with E-state index < -0.39 is 0 Å². The van der Waals surface area contributed by atoms with Crippen LogP contribution in [0.3, 0.4) is 0 Å². The Hall–Kier alpha value is -1.97. The van der Waals surface area contributed by atoms with E-state index in [-0.39, 0.29) is 17.8 Å². The second-order valence-electron chi connectivity index (χ2n) is 5.96. The molecule has 0 bridgehead atoms. The van der Waals surface area contributed by atoms with Gasteiger partial charge in [-0.1, -0.05) is 19.1 Å². The fraction of sp³-hybridized carbons (Fsp3) is 0.412. The van der Waals surface area contributed by atoms with Crippen LogP contribution >= 0.6 is 0 Å². The Morgan fingerprint density at radius 2 is 2.05 bits per heavy atom. The highest BCUT2D eigenvalue weighted by atomic mass is 19.1. The molecule has 1 aliphatic rings. The molecule has 1 aromatic carbocycles. The van der Waals surface area contributed by atoms with Crippen LogP contribution in [0.4, 0.5) is 4.39 Å². The van der Waals surface area contributed by atoms with Crippen LogP contribution in [0.5, 0.6) is 0 Å². The Morgan fingerprint density at radius 1 is 1.29 bits per heavy atom. The summed E-state index contributed by atoms with van der Waals surface area (Å²) < 4.78 is 13.2. The summed E-state index contributed by atoms with van der Waals surface area (Å²) in [5.74, 6) is 0.251. The normalized spacial score (nSPS) is 22.2. The van der Waals surface area contributed by atoms with E-state index in [0.29, 0.717) is 16.5 Å². The van der Waals surface area contributed by atoms with Crippen LogP contribution in [-0.2, 0) is 0 Å². The molecular formula is C17H19FN2O. The average molecular weight is 286 g/mol. The Morgan fingerprint density at radius 3 is 2.81 bits per heavy atom. The van der Waals surface area contributed by atoms with Crippen molar-refractivity contribution in [3.63, 3.8) is 0 Å². The minimum atomic E-state index is -0.388. The van der Waals surface area contributed by atoms with Gasteiger partial charge in [0, 0.05) is 11.4 Å². The topological polar surface area (TPSA) is 42.0 Å². The molecule has 3 nitrogen and oxygen atoms in total. The summed E-state index contributed by atoms with van der Waals surface area (Å²) in [6, 6.07) is 6.92. The smallest absolute Gasteiger partial charge is 0.253 e. The van der Waals surface area contributed by atoms with E-state index in [9.17, 15) is 9.18 Å². The van der Waals surface area contributed by atoms with Crippen LogP contribution in [-0.4, -0.2) is 16.9 Å². The van der Waals surface area contributed by atoms with Gasteiger partial charge in [-0.3, -0.25) is 9.78 Å². The molecule has 0 spiro atoms. The van der Waals surface area contributed by atoms with Crippen molar-refractivity contribution in [2.45, 2.75) is 38.6 Å².